The van der Waals surface area contributed by atoms with E-state index < -0.39 is 0 Å². The zero-order chi connectivity index (χ0) is 12.8. The summed E-state index contributed by atoms with van der Waals surface area (Å²) in [5, 5.41) is 5.59. The third kappa shape index (κ3) is 3.62. The van der Waals surface area contributed by atoms with Crippen molar-refractivity contribution in [3.05, 3.63) is 46.2 Å². The Balaban J connectivity index is 2.01. The number of nitrogens with zero attached hydrogens (tertiary/aromatic N) is 2. The van der Waals surface area contributed by atoms with Crippen molar-refractivity contribution in [3.8, 4) is 0 Å². The van der Waals surface area contributed by atoms with E-state index >= 15 is 0 Å². The Hall–Kier alpha value is -1.26. The fourth-order valence-electron chi connectivity index (χ4n) is 1.89. The molecule has 0 aliphatic rings. The summed E-state index contributed by atoms with van der Waals surface area (Å²) < 4.78 is 0. The Morgan fingerprint density at radius 3 is 2.72 bits per heavy atom. The first-order chi connectivity index (χ1) is 8.79. The minimum absolute atomic E-state index is 0.248. The van der Waals surface area contributed by atoms with Crippen molar-refractivity contribution in [1.82, 2.24) is 15.3 Å². The van der Waals surface area contributed by atoms with Gasteiger partial charge >= 0.3 is 0 Å². The molecule has 0 saturated carbocycles. The molecule has 0 aliphatic carbocycles. The first kappa shape index (κ1) is 13.2. The molecule has 0 aliphatic heterocycles. The molecule has 1 unspecified atom stereocenters. The molecule has 0 bridgehead atoms. The van der Waals surface area contributed by atoms with Crippen molar-refractivity contribution in [3.63, 3.8) is 0 Å². The summed E-state index contributed by atoms with van der Waals surface area (Å²) in [6.07, 6.45) is 5.89. The van der Waals surface area contributed by atoms with E-state index in [2.05, 4.69) is 39.7 Å². The summed E-state index contributed by atoms with van der Waals surface area (Å²) >= 11 is 1.81. The summed E-state index contributed by atoms with van der Waals surface area (Å²) in [5.74, 6) is 0.902. The van der Waals surface area contributed by atoms with Crippen LogP contribution in [0.2, 0.25) is 0 Å². The molecular weight excluding hydrogens is 242 g/mol. The first-order valence-electron chi connectivity index (χ1n) is 6.34. The Morgan fingerprint density at radius 1 is 1.33 bits per heavy atom. The maximum Gasteiger partial charge on any atom is 0.145 e. The molecule has 0 radical (unpaired) electrons. The van der Waals surface area contributed by atoms with Gasteiger partial charge in [-0.25, -0.2) is 9.97 Å². The Bertz CT molecular complexity index is 450. The van der Waals surface area contributed by atoms with Crippen LogP contribution in [-0.2, 0) is 6.42 Å². The summed E-state index contributed by atoms with van der Waals surface area (Å²) in [6, 6.07) is 4.53. The maximum atomic E-state index is 4.43. The van der Waals surface area contributed by atoms with Gasteiger partial charge in [0, 0.05) is 17.3 Å². The van der Waals surface area contributed by atoms with E-state index in [1.54, 1.807) is 0 Å². The summed E-state index contributed by atoms with van der Waals surface area (Å²) in [7, 11) is 0. The minimum Gasteiger partial charge on any atom is -0.308 e. The van der Waals surface area contributed by atoms with Crippen molar-refractivity contribution >= 4 is 11.3 Å². The van der Waals surface area contributed by atoms with E-state index in [1.807, 2.05) is 30.7 Å². The first-order valence-corrected chi connectivity index (χ1v) is 7.22. The molecule has 0 fully saturated rings. The molecule has 0 aromatic carbocycles. The van der Waals surface area contributed by atoms with E-state index in [4.69, 9.17) is 0 Å². The average molecular weight is 261 g/mol. The molecule has 2 aromatic rings. The third-order valence-corrected chi connectivity index (χ3v) is 3.76. The molecule has 4 heteroatoms. The lowest BCUT2D eigenvalue weighted by Crippen LogP contribution is -2.23. The highest BCUT2D eigenvalue weighted by Gasteiger charge is 2.13. The predicted octanol–water partition coefficient (Wildman–Crippen LogP) is 3.13. The van der Waals surface area contributed by atoms with Gasteiger partial charge in [-0.15, -0.1) is 11.3 Å². The van der Waals surface area contributed by atoms with Gasteiger partial charge in [0.15, 0.2) is 0 Å². The number of nitrogens with one attached hydrogen (secondary N) is 1. The van der Waals surface area contributed by atoms with E-state index in [1.165, 1.54) is 4.88 Å². The van der Waals surface area contributed by atoms with Crippen LogP contribution in [0.4, 0.5) is 0 Å². The van der Waals surface area contributed by atoms with Gasteiger partial charge in [-0.1, -0.05) is 13.0 Å². The predicted molar refractivity (Wildman–Crippen MR) is 75.8 cm³/mol. The van der Waals surface area contributed by atoms with Gasteiger partial charge in [0.05, 0.1) is 6.04 Å². The van der Waals surface area contributed by atoms with Gasteiger partial charge in [0.1, 0.15) is 5.82 Å². The largest absolute Gasteiger partial charge is 0.308 e. The summed E-state index contributed by atoms with van der Waals surface area (Å²) in [4.78, 5) is 10.3. The summed E-state index contributed by atoms with van der Waals surface area (Å²) in [5.41, 5.74) is 1.10. The molecule has 3 nitrogen and oxygen atoms in total. The second-order valence-electron chi connectivity index (χ2n) is 4.35. The molecule has 2 rings (SSSR count). The zero-order valence-electron chi connectivity index (χ0n) is 10.9. The Labute approximate surface area is 112 Å². The molecule has 0 spiro atoms. The molecule has 0 amide bonds. The molecule has 96 valence electrons. The number of rotatable bonds is 6. The maximum absolute atomic E-state index is 4.43. The lowest BCUT2D eigenvalue weighted by atomic mass is 10.1. The Morgan fingerprint density at radius 2 is 2.11 bits per heavy atom. The van der Waals surface area contributed by atoms with Gasteiger partial charge < -0.3 is 5.32 Å². The topological polar surface area (TPSA) is 37.8 Å². The van der Waals surface area contributed by atoms with Gasteiger partial charge in [-0.05, 0) is 43.3 Å². The van der Waals surface area contributed by atoms with Crippen LogP contribution in [0.25, 0.3) is 0 Å². The average Bonchev–Trinajstić information content (AvgIpc) is 2.89. The molecule has 0 saturated heterocycles. The van der Waals surface area contributed by atoms with Crippen LogP contribution >= 0.6 is 11.3 Å². The monoisotopic (exact) mass is 261 g/mol. The van der Waals surface area contributed by atoms with E-state index in [-0.39, 0.29) is 6.04 Å². The van der Waals surface area contributed by atoms with Gasteiger partial charge in [0.25, 0.3) is 0 Å². The summed E-state index contributed by atoms with van der Waals surface area (Å²) in [6.45, 7) is 5.07. The molecular formula is C14H19N3S. The lowest BCUT2D eigenvalue weighted by Gasteiger charge is -2.15. The Kier molecular flexibility index (Phi) is 4.84. The lowest BCUT2D eigenvalue weighted by molar-refractivity contribution is 0.491. The third-order valence-electron chi connectivity index (χ3n) is 2.82. The smallest absolute Gasteiger partial charge is 0.145 e. The van der Waals surface area contributed by atoms with E-state index in [0.717, 1.165) is 30.8 Å². The second kappa shape index (κ2) is 6.61. The molecule has 18 heavy (non-hydrogen) atoms. The quantitative estimate of drug-likeness (QED) is 0.868. The van der Waals surface area contributed by atoms with Crippen LogP contribution in [0, 0.1) is 6.92 Å². The number of hydrogen-bond donors (Lipinski definition) is 1. The number of aryl methyl sites for hydroxylation is 2. The van der Waals surface area contributed by atoms with Crippen molar-refractivity contribution in [2.75, 3.05) is 6.54 Å². The number of thiophene rings is 1. The normalized spacial score (nSPS) is 12.6. The van der Waals surface area contributed by atoms with Crippen molar-refractivity contribution in [1.29, 1.82) is 0 Å². The highest BCUT2D eigenvalue weighted by molar-refractivity contribution is 7.09. The standard InChI is InChI=1S/C14H19N3S/c1-3-15-13(7-6-12-5-4-8-18-12)14-16-9-11(2)10-17-14/h4-5,8-10,13,15H,3,6-7H2,1-2H3. The molecule has 2 aromatic heterocycles. The number of aromatic nitrogens is 2. The SMILES string of the molecule is CCNC(CCc1cccs1)c1ncc(C)cn1. The van der Waals surface area contributed by atoms with Crippen molar-refractivity contribution in [2.24, 2.45) is 0 Å². The van der Waals surface area contributed by atoms with E-state index in [0.29, 0.717) is 0 Å². The molecule has 1 N–H and O–H groups in total. The van der Waals surface area contributed by atoms with Crippen LogP contribution in [0.15, 0.2) is 29.9 Å². The number of hydrogen-bond acceptors (Lipinski definition) is 4. The highest BCUT2D eigenvalue weighted by atomic mass is 32.1. The zero-order valence-corrected chi connectivity index (χ0v) is 11.7. The van der Waals surface area contributed by atoms with Crippen LogP contribution in [0.1, 0.15) is 35.7 Å². The molecule has 1 atom stereocenters. The van der Waals surface area contributed by atoms with Gasteiger partial charge in [-0.2, -0.15) is 0 Å². The highest BCUT2D eigenvalue weighted by Crippen LogP contribution is 2.18. The fourth-order valence-corrected chi connectivity index (χ4v) is 2.62. The van der Waals surface area contributed by atoms with Crippen LogP contribution < -0.4 is 5.32 Å². The van der Waals surface area contributed by atoms with Crippen LogP contribution in [-0.4, -0.2) is 16.5 Å². The fraction of sp³-hybridized carbons (Fsp3) is 0.429. The van der Waals surface area contributed by atoms with Crippen molar-refractivity contribution in [2.45, 2.75) is 32.7 Å². The van der Waals surface area contributed by atoms with Crippen LogP contribution in [0.5, 0.6) is 0 Å². The van der Waals surface area contributed by atoms with Crippen LogP contribution in [0.3, 0.4) is 0 Å². The second-order valence-corrected chi connectivity index (χ2v) is 5.38. The van der Waals surface area contributed by atoms with Crippen molar-refractivity contribution < 1.29 is 0 Å². The minimum atomic E-state index is 0.248. The molecule has 2 heterocycles. The van der Waals surface area contributed by atoms with E-state index in [9.17, 15) is 0 Å². The van der Waals surface area contributed by atoms with Gasteiger partial charge in [0.2, 0.25) is 0 Å². The van der Waals surface area contributed by atoms with Gasteiger partial charge in [-0.3, -0.25) is 0 Å².